The molecule has 1 N–H and O–H groups in total. The summed E-state index contributed by atoms with van der Waals surface area (Å²) in [5.41, 5.74) is 1.13. The highest BCUT2D eigenvalue weighted by atomic mass is 16.5. The van der Waals surface area contributed by atoms with E-state index in [9.17, 15) is 0 Å². The molecular formula is C21H35N3O2. The van der Waals surface area contributed by atoms with Gasteiger partial charge in [0.05, 0.1) is 19.3 Å². The van der Waals surface area contributed by atoms with Crippen molar-refractivity contribution in [2.75, 3.05) is 32.8 Å². The lowest BCUT2D eigenvalue weighted by Crippen LogP contribution is -2.47. The topological polar surface area (TPSA) is 46.1 Å². The summed E-state index contributed by atoms with van der Waals surface area (Å²) in [4.78, 5) is 7.22. The Bertz CT molecular complexity index is 552. The third kappa shape index (κ3) is 6.52. The van der Waals surface area contributed by atoms with Gasteiger partial charge >= 0.3 is 0 Å². The number of piperidine rings is 1. The third-order valence-electron chi connectivity index (χ3n) is 4.42. The number of hydrogen-bond acceptors (Lipinski definition) is 3. The Balaban J connectivity index is 2.01. The first-order valence-electron chi connectivity index (χ1n) is 9.99. The zero-order valence-corrected chi connectivity index (χ0v) is 16.8. The van der Waals surface area contributed by atoms with Gasteiger partial charge in [-0.25, -0.2) is 4.99 Å². The summed E-state index contributed by atoms with van der Waals surface area (Å²) in [7, 11) is 0. The normalized spacial score (nSPS) is 16.2. The van der Waals surface area contributed by atoms with Crippen LogP contribution in [0, 0.1) is 5.92 Å². The lowest BCUT2D eigenvalue weighted by Gasteiger charge is -2.34. The van der Waals surface area contributed by atoms with Gasteiger partial charge in [0.1, 0.15) is 5.75 Å². The average Bonchev–Trinajstić information content (AvgIpc) is 2.65. The van der Waals surface area contributed by atoms with Gasteiger partial charge in [0.25, 0.3) is 0 Å². The fraction of sp³-hybridized carbons (Fsp3) is 0.667. The molecule has 2 rings (SSSR count). The van der Waals surface area contributed by atoms with Crippen LogP contribution in [0.15, 0.2) is 29.3 Å². The quantitative estimate of drug-likeness (QED) is 0.567. The van der Waals surface area contributed by atoms with Crippen LogP contribution in [0.2, 0.25) is 0 Å². The number of rotatable bonds is 8. The molecule has 26 heavy (non-hydrogen) atoms. The number of guanidine groups is 1. The minimum Gasteiger partial charge on any atom is -0.493 e. The number of nitrogens with zero attached hydrogens (tertiary/aromatic N) is 2. The highest BCUT2D eigenvalue weighted by Crippen LogP contribution is 2.20. The van der Waals surface area contributed by atoms with Crippen molar-refractivity contribution in [1.29, 1.82) is 0 Å². The number of benzene rings is 1. The Morgan fingerprint density at radius 2 is 1.96 bits per heavy atom. The van der Waals surface area contributed by atoms with E-state index in [0.29, 0.717) is 18.6 Å². The Labute approximate surface area is 158 Å². The van der Waals surface area contributed by atoms with E-state index in [2.05, 4.69) is 44.0 Å². The fourth-order valence-electron chi connectivity index (χ4n) is 3.09. The molecule has 0 unspecified atom stereocenters. The van der Waals surface area contributed by atoms with Crippen molar-refractivity contribution in [1.82, 2.24) is 10.2 Å². The van der Waals surface area contributed by atoms with Crippen LogP contribution >= 0.6 is 0 Å². The zero-order valence-electron chi connectivity index (χ0n) is 16.8. The molecule has 0 spiro atoms. The summed E-state index contributed by atoms with van der Waals surface area (Å²) in [6.45, 7) is 13.5. The SMILES string of the molecule is CCNC(=NCc1ccccc1OCC(C)C)N1CCC(OCC)CC1. The van der Waals surface area contributed by atoms with Crippen LogP contribution in [0.25, 0.3) is 0 Å². The second-order valence-corrected chi connectivity index (χ2v) is 7.12. The maximum absolute atomic E-state index is 5.96. The highest BCUT2D eigenvalue weighted by molar-refractivity contribution is 5.80. The smallest absolute Gasteiger partial charge is 0.194 e. The van der Waals surface area contributed by atoms with E-state index in [1.54, 1.807) is 0 Å². The van der Waals surface area contributed by atoms with E-state index < -0.39 is 0 Å². The zero-order chi connectivity index (χ0) is 18.8. The first-order valence-corrected chi connectivity index (χ1v) is 9.99. The van der Waals surface area contributed by atoms with Crippen molar-refractivity contribution in [3.63, 3.8) is 0 Å². The molecule has 5 heteroatoms. The van der Waals surface area contributed by atoms with Crippen LogP contribution in [0.4, 0.5) is 0 Å². The van der Waals surface area contributed by atoms with Crippen LogP contribution in [0.5, 0.6) is 5.75 Å². The van der Waals surface area contributed by atoms with Gasteiger partial charge in [-0.05, 0) is 38.7 Å². The first-order chi connectivity index (χ1) is 12.6. The molecule has 0 saturated carbocycles. The summed E-state index contributed by atoms with van der Waals surface area (Å²) in [6.07, 6.45) is 2.52. The molecule has 1 aromatic carbocycles. The molecule has 1 aliphatic rings. The van der Waals surface area contributed by atoms with Gasteiger partial charge in [-0.15, -0.1) is 0 Å². The maximum Gasteiger partial charge on any atom is 0.194 e. The second-order valence-electron chi connectivity index (χ2n) is 7.12. The summed E-state index contributed by atoms with van der Waals surface area (Å²) >= 11 is 0. The molecule has 1 aromatic rings. The monoisotopic (exact) mass is 361 g/mol. The molecule has 1 saturated heterocycles. The van der Waals surface area contributed by atoms with Gasteiger partial charge in [0, 0.05) is 31.8 Å². The van der Waals surface area contributed by atoms with E-state index in [-0.39, 0.29) is 0 Å². The first kappa shape index (κ1) is 20.6. The van der Waals surface area contributed by atoms with E-state index in [1.807, 2.05) is 18.2 Å². The van der Waals surface area contributed by atoms with E-state index in [4.69, 9.17) is 14.5 Å². The molecule has 1 aliphatic heterocycles. The minimum absolute atomic E-state index is 0.393. The standard InChI is InChI=1S/C21H35N3O2/c1-5-22-21(24-13-11-19(12-14-24)25-6-2)23-15-18-9-7-8-10-20(18)26-16-17(3)4/h7-10,17,19H,5-6,11-16H2,1-4H3,(H,22,23). The van der Waals surface area contributed by atoms with Crippen LogP contribution < -0.4 is 10.1 Å². The van der Waals surface area contributed by atoms with Crippen molar-refractivity contribution in [3.8, 4) is 5.75 Å². The van der Waals surface area contributed by atoms with Crippen LogP contribution in [-0.2, 0) is 11.3 Å². The van der Waals surface area contributed by atoms with Gasteiger partial charge in [-0.3, -0.25) is 0 Å². The van der Waals surface area contributed by atoms with Gasteiger partial charge in [-0.1, -0.05) is 32.0 Å². The van der Waals surface area contributed by atoms with Gasteiger partial charge in [-0.2, -0.15) is 0 Å². The van der Waals surface area contributed by atoms with Gasteiger partial charge in [0.2, 0.25) is 0 Å². The number of likely N-dealkylation sites (tertiary alicyclic amines) is 1. The van der Waals surface area contributed by atoms with Crippen molar-refractivity contribution in [3.05, 3.63) is 29.8 Å². The van der Waals surface area contributed by atoms with Crippen LogP contribution in [0.3, 0.4) is 0 Å². The highest BCUT2D eigenvalue weighted by Gasteiger charge is 2.21. The lowest BCUT2D eigenvalue weighted by atomic mass is 10.1. The average molecular weight is 362 g/mol. The molecule has 146 valence electrons. The predicted molar refractivity (Wildman–Crippen MR) is 108 cm³/mol. The molecule has 1 heterocycles. The summed E-state index contributed by atoms with van der Waals surface area (Å²) in [5, 5.41) is 3.43. The largest absolute Gasteiger partial charge is 0.493 e. The van der Waals surface area contributed by atoms with E-state index in [1.165, 1.54) is 0 Å². The van der Waals surface area contributed by atoms with Crippen LogP contribution in [0.1, 0.15) is 46.1 Å². The molecule has 1 fully saturated rings. The lowest BCUT2D eigenvalue weighted by molar-refractivity contribution is 0.0263. The summed E-state index contributed by atoms with van der Waals surface area (Å²) < 4.78 is 11.7. The molecule has 0 radical (unpaired) electrons. The molecule has 0 aromatic heterocycles. The summed E-state index contributed by atoms with van der Waals surface area (Å²) in [5.74, 6) is 2.44. The molecule has 0 aliphatic carbocycles. The molecule has 5 nitrogen and oxygen atoms in total. The number of aliphatic imine (C=N–C) groups is 1. The Morgan fingerprint density at radius 1 is 1.23 bits per heavy atom. The van der Waals surface area contributed by atoms with Crippen molar-refractivity contribution >= 4 is 5.96 Å². The van der Waals surface area contributed by atoms with Crippen LogP contribution in [-0.4, -0.2) is 49.8 Å². The van der Waals surface area contributed by atoms with Crippen molar-refractivity contribution in [2.45, 2.75) is 53.2 Å². The van der Waals surface area contributed by atoms with E-state index >= 15 is 0 Å². The maximum atomic E-state index is 5.96. The molecule has 0 bridgehead atoms. The van der Waals surface area contributed by atoms with E-state index in [0.717, 1.165) is 63.0 Å². The number of hydrogen-bond donors (Lipinski definition) is 1. The number of para-hydroxylation sites is 1. The Kier molecular flexibility index (Phi) is 8.75. The number of ether oxygens (including phenoxy) is 2. The van der Waals surface area contributed by atoms with Crippen molar-refractivity contribution in [2.24, 2.45) is 10.9 Å². The molecule has 0 amide bonds. The molecule has 0 atom stereocenters. The Morgan fingerprint density at radius 3 is 2.62 bits per heavy atom. The van der Waals surface area contributed by atoms with Crippen molar-refractivity contribution < 1.29 is 9.47 Å². The minimum atomic E-state index is 0.393. The van der Waals surface area contributed by atoms with Gasteiger partial charge in [0.15, 0.2) is 5.96 Å². The fourth-order valence-corrected chi connectivity index (χ4v) is 3.09. The number of nitrogens with one attached hydrogen (secondary N) is 1. The summed E-state index contributed by atoms with van der Waals surface area (Å²) in [6, 6.07) is 8.21. The van der Waals surface area contributed by atoms with Gasteiger partial charge < -0.3 is 19.7 Å². The second kappa shape index (κ2) is 11.1. The predicted octanol–water partition coefficient (Wildman–Crippen LogP) is 3.69. The molecular weight excluding hydrogens is 326 g/mol. The Hall–Kier alpha value is -1.75. The third-order valence-corrected chi connectivity index (χ3v) is 4.42.